The van der Waals surface area contributed by atoms with Crippen molar-refractivity contribution in [2.45, 2.75) is 25.8 Å². The van der Waals surface area contributed by atoms with Crippen molar-refractivity contribution >= 4 is 45.7 Å². The smallest absolute Gasteiger partial charge is 0.325 e. The van der Waals surface area contributed by atoms with E-state index in [1.807, 2.05) is 0 Å². The number of urea groups is 1. The van der Waals surface area contributed by atoms with Gasteiger partial charge in [-0.25, -0.2) is 9.78 Å². The van der Waals surface area contributed by atoms with E-state index >= 15 is 0 Å². The summed E-state index contributed by atoms with van der Waals surface area (Å²) in [7, 11) is 0. The zero-order valence-corrected chi connectivity index (χ0v) is 13.9. The summed E-state index contributed by atoms with van der Waals surface area (Å²) in [5, 5.41) is 9.12. The fourth-order valence-electron chi connectivity index (χ4n) is 1.96. The second kappa shape index (κ2) is 6.55. The van der Waals surface area contributed by atoms with Crippen LogP contribution >= 0.6 is 22.9 Å². The molecule has 3 rings (SSSR count). The fourth-order valence-corrected chi connectivity index (χ4v) is 3.02. The van der Waals surface area contributed by atoms with Gasteiger partial charge in [0.25, 0.3) is 5.91 Å². The topological polar surface area (TPSA) is 83.1 Å². The van der Waals surface area contributed by atoms with E-state index in [4.69, 9.17) is 11.6 Å². The van der Waals surface area contributed by atoms with E-state index in [1.54, 1.807) is 31.2 Å². The van der Waals surface area contributed by atoms with Gasteiger partial charge in [-0.3, -0.25) is 10.1 Å². The lowest BCUT2D eigenvalue weighted by Gasteiger charge is -2.05. The number of hydrogen-bond donors (Lipinski definition) is 3. The fraction of sp³-hybridized carbons (Fsp3) is 0.267. The first-order valence-corrected chi connectivity index (χ1v) is 8.32. The molecule has 1 aromatic heterocycles. The number of thiazole rings is 1. The highest BCUT2D eigenvalue weighted by atomic mass is 35.5. The number of nitrogens with one attached hydrogen (secondary N) is 3. The Bertz CT molecular complexity index is 758. The van der Waals surface area contributed by atoms with Crippen LogP contribution in [0.15, 0.2) is 24.3 Å². The van der Waals surface area contributed by atoms with Gasteiger partial charge in [-0.2, -0.15) is 0 Å². The minimum atomic E-state index is -0.435. The number of hydrogen-bond acceptors (Lipinski definition) is 4. The summed E-state index contributed by atoms with van der Waals surface area (Å²) < 4.78 is 0. The van der Waals surface area contributed by atoms with Crippen molar-refractivity contribution in [2.75, 3.05) is 10.6 Å². The third kappa shape index (κ3) is 4.20. The Hall–Kier alpha value is -2.12. The largest absolute Gasteiger partial charge is 0.349 e. The van der Waals surface area contributed by atoms with Crippen LogP contribution in [0.4, 0.5) is 15.6 Å². The Morgan fingerprint density at radius 3 is 2.78 bits per heavy atom. The van der Waals surface area contributed by atoms with Gasteiger partial charge in [0.1, 0.15) is 4.88 Å². The minimum absolute atomic E-state index is 0.134. The van der Waals surface area contributed by atoms with E-state index in [2.05, 4.69) is 20.9 Å². The number of nitrogens with zero attached hydrogens (tertiary/aromatic N) is 1. The van der Waals surface area contributed by atoms with Crippen molar-refractivity contribution in [3.05, 3.63) is 39.9 Å². The predicted octanol–water partition coefficient (Wildman–Crippen LogP) is 3.64. The highest BCUT2D eigenvalue weighted by Gasteiger charge is 2.26. The molecule has 0 saturated heterocycles. The molecule has 0 bridgehead atoms. The molecule has 2 aromatic rings. The molecule has 0 radical (unpaired) electrons. The average Bonchev–Trinajstić information content (AvgIpc) is 3.20. The molecule has 0 atom stereocenters. The van der Waals surface area contributed by atoms with Crippen LogP contribution in [-0.2, 0) is 0 Å². The Kier molecular flexibility index (Phi) is 4.49. The number of carbonyl (C=O) groups is 2. The molecule has 1 aliphatic rings. The second-order valence-corrected chi connectivity index (χ2v) is 6.71. The summed E-state index contributed by atoms with van der Waals surface area (Å²) >= 11 is 7.03. The van der Waals surface area contributed by atoms with Gasteiger partial charge in [-0.15, -0.1) is 0 Å². The van der Waals surface area contributed by atoms with E-state index in [0.717, 1.165) is 24.2 Å². The lowest BCUT2D eigenvalue weighted by Crippen LogP contribution is -2.25. The number of aromatic nitrogens is 1. The molecule has 1 heterocycles. The zero-order valence-electron chi connectivity index (χ0n) is 12.4. The summed E-state index contributed by atoms with van der Waals surface area (Å²) in [5.41, 5.74) is 1.18. The lowest BCUT2D eigenvalue weighted by atomic mass is 10.3. The monoisotopic (exact) mass is 350 g/mol. The Balaban J connectivity index is 1.63. The van der Waals surface area contributed by atoms with Crippen LogP contribution in [0, 0.1) is 6.92 Å². The minimum Gasteiger partial charge on any atom is -0.349 e. The van der Waals surface area contributed by atoms with Crippen molar-refractivity contribution in [3.63, 3.8) is 0 Å². The average molecular weight is 351 g/mol. The quantitative estimate of drug-likeness (QED) is 0.787. The first-order valence-electron chi connectivity index (χ1n) is 7.13. The first kappa shape index (κ1) is 15.8. The van der Waals surface area contributed by atoms with E-state index < -0.39 is 6.03 Å². The Labute approximate surface area is 142 Å². The third-order valence-corrected chi connectivity index (χ3v) is 4.53. The molecule has 0 aliphatic heterocycles. The Morgan fingerprint density at radius 1 is 1.30 bits per heavy atom. The van der Waals surface area contributed by atoms with Crippen LogP contribution in [0.25, 0.3) is 0 Å². The molecule has 1 aliphatic carbocycles. The van der Waals surface area contributed by atoms with Crippen LogP contribution in [0.5, 0.6) is 0 Å². The van der Waals surface area contributed by atoms with Gasteiger partial charge >= 0.3 is 6.03 Å². The molecule has 0 unspecified atom stereocenters. The maximum atomic E-state index is 12.1. The lowest BCUT2D eigenvalue weighted by molar-refractivity contribution is 0.0954. The molecule has 1 saturated carbocycles. The van der Waals surface area contributed by atoms with E-state index in [9.17, 15) is 9.59 Å². The molecule has 3 N–H and O–H groups in total. The standard InChI is InChI=1S/C15H15ClN4O2S/c1-8-12(13(21)18-10-5-6-10)23-15(17-8)20-14(22)19-11-4-2-3-9(16)7-11/h2-4,7,10H,5-6H2,1H3,(H,18,21)(H2,17,19,20,22). The van der Waals surface area contributed by atoms with Crippen LogP contribution < -0.4 is 16.0 Å². The van der Waals surface area contributed by atoms with Crippen molar-refractivity contribution in [2.24, 2.45) is 0 Å². The zero-order chi connectivity index (χ0) is 16.4. The van der Waals surface area contributed by atoms with Crippen LogP contribution in [0.2, 0.25) is 5.02 Å². The van der Waals surface area contributed by atoms with E-state index in [1.165, 1.54) is 0 Å². The highest BCUT2D eigenvalue weighted by Crippen LogP contribution is 2.25. The number of rotatable bonds is 4. The molecule has 120 valence electrons. The molecule has 1 fully saturated rings. The van der Waals surface area contributed by atoms with Gasteiger partial charge in [0, 0.05) is 16.8 Å². The van der Waals surface area contributed by atoms with Crippen LogP contribution in [0.3, 0.4) is 0 Å². The summed E-state index contributed by atoms with van der Waals surface area (Å²) in [6.07, 6.45) is 2.05. The normalized spacial score (nSPS) is 13.5. The summed E-state index contributed by atoms with van der Waals surface area (Å²) in [4.78, 5) is 28.8. The number of halogens is 1. The van der Waals surface area contributed by atoms with Gasteiger partial charge < -0.3 is 10.6 Å². The third-order valence-electron chi connectivity index (χ3n) is 3.22. The molecular weight excluding hydrogens is 336 g/mol. The molecule has 23 heavy (non-hydrogen) atoms. The molecule has 0 spiro atoms. The van der Waals surface area contributed by atoms with Crippen molar-refractivity contribution in [1.82, 2.24) is 10.3 Å². The summed E-state index contributed by atoms with van der Waals surface area (Å²) in [6.45, 7) is 1.75. The SMILES string of the molecule is Cc1nc(NC(=O)Nc2cccc(Cl)c2)sc1C(=O)NC1CC1. The van der Waals surface area contributed by atoms with Gasteiger partial charge in [0.15, 0.2) is 5.13 Å². The van der Waals surface area contributed by atoms with Gasteiger partial charge in [-0.1, -0.05) is 29.0 Å². The number of aryl methyl sites for hydroxylation is 1. The number of anilines is 2. The van der Waals surface area contributed by atoms with Crippen molar-refractivity contribution in [1.29, 1.82) is 0 Å². The number of benzene rings is 1. The molecule has 8 heteroatoms. The van der Waals surface area contributed by atoms with Crippen LogP contribution in [0.1, 0.15) is 28.2 Å². The van der Waals surface area contributed by atoms with Crippen LogP contribution in [-0.4, -0.2) is 23.0 Å². The van der Waals surface area contributed by atoms with Crippen molar-refractivity contribution < 1.29 is 9.59 Å². The van der Waals surface area contributed by atoms with Gasteiger partial charge in [-0.05, 0) is 38.0 Å². The van der Waals surface area contributed by atoms with Crippen molar-refractivity contribution in [3.8, 4) is 0 Å². The van der Waals surface area contributed by atoms with E-state index in [0.29, 0.717) is 26.4 Å². The first-order chi connectivity index (χ1) is 11.0. The van der Waals surface area contributed by atoms with E-state index in [-0.39, 0.29) is 11.9 Å². The maximum Gasteiger partial charge on any atom is 0.325 e. The van der Waals surface area contributed by atoms with Gasteiger partial charge in [0.05, 0.1) is 5.69 Å². The summed E-state index contributed by atoms with van der Waals surface area (Å²) in [5.74, 6) is -0.134. The Morgan fingerprint density at radius 2 is 2.09 bits per heavy atom. The number of amides is 3. The van der Waals surface area contributed by atoms with Gasteiger partial charge in [0.2, 0.25) is 0 Å². The predicted molar refractivity (Wildman–Crippen MR) is 91.4 cm³/mol. The molecule has 6 nitrogen and oxygen atoms in total. The molecular formula is C15H15ClN4O2S. The highest BCUT2D eigenvalue weighted by molar-refractivity contribution is 7.17. The maximum absolute atomic E-state index is 12.1. The molecule has 1 aromatic carbocycles. The summed E-state index contributed by atoms with van der Waals surface area (Å²) in [6, 6.07) is 6.68. The number of carbonyl (C=O) groups excluding carboxylic acids is 2. The molecule has 3 amide bonds. The second-order valence-electron chi connectivity index (χ2n) is 5.27.